The second-order valence-corrected chi connectivity index (χ2v) is 1.55. The Morgan fingerprint density at radius 2 is 2.44 bits per heavy atom. The van der Waals surface area contributed by atoms with Crippen molar-refractivity contribution in [3.05, 3.63) is 23.9 Å². The molecule has 50 valence electrons. The number of rotatable bonds is 3. The Hall–Kier alpha value is -0.920. The number of alkyl halides is 1. The van der Waals surface area contributed by atoms with E-state index in [1.807, 2.05) is 0 Å². The average molecular weight is 127 g/mol. The van der Waals surface area contributed by atoms with Crippen molar-refractivity contribution in [1.82, 2.24) is 0 Å². The second kappa shape index (κ2) is 5.22. The van der Waals surface area contributed by atoms with Gasteiger partial charge in [0.25, 0.3) is 0 Å². The van der Waals surface area contributed by atoms with E-state index in [9.17, 15) is 4.39 Å². The van der Waals surface area contributed by atoms with Crippen LogP contribution in [0.1, 0.15) is 6.92 Å². The number of hydrogen-bond donors (Lipinski definition) is 0. The molecule has 0 saturated carbocycles. The lowest BCUT2D eigenvalue weighted by Gasteiger charge is -1.82. The van der Waals surface area contributed by atoms with Crippen LogP contribution in [0.3, 0.4) is 0 Å². The fourth-order valence-corrected chi connectivity index (χ4v) is 0.311. The molecule has 0 aliphatic carbocycles. The molecule has 2 heteroatoms. The average Bonchev–Trinajstić information content (AvgIpc) is 1.89. The molecule has 0 spiro atoms. The van der Waals surface area contributed by atoms with Crippen molar-refractivity contribution < 1.29 is 4.39 Å². The summed E-state index contributed by atoms with van der Waals surface area (Å²) < 4.78 is 11.4. The molecule has 0 rings (SSSR count). The van der Waals surface area contributed by atoms with Gasteiger partial charge in [0, 0.05) is 5.70 Å². The quantitative estimate of drug-likeness (QED) is 0.406. The molecule has 0 heterocycles. The van der Waals surface area contributed by atoms with Gasteiger partial charge < -0.3 is 0 Å². The van der Waals surface area contributed by atoms with E-state index in [2.05, 4.69) is 11.7 Å². The van der Waals surface area contributed by atoms with Crippen molar-refractivity contribution in [1.29, 1.82) is 0 Å². The predicted octanol–water partition coefficient (Wildman–Crippen LogP) is 2.12. The van der Waals surface area contributed by atoms with Crippen molar-refractivity contribution in [2.45, 2.75) is 6.92 Å². The minimum Gasteiger partial charge on any atom is -0.269 e. The van der Waals surface area contributed by atoms with Gasteiger partial charge in [-0.25, -0.2) is 4.39 Å². The lowest BCUT2D eigenvalue weighted by molar-refractivity contribution is 0.562. The van der Waals surface area contributed by atoms with Crippen LogP contribution in [0.15, 0.2) is 28.9 Å². The smallest absolute Gasteiger partial charge is 0.108 e. The molecule has 0 bridgehead atoms. The van der Waals surface area contributed by atoms with Crippen molar-refractivity contribution in [2.75, 3.05) is 6.67 Å². The molecule has 0 aliphatic heterocycles. The molecule has 0 aromatic carbocycles. The normalized spacial score (nSPS) is 12.4. The lowest BCUT2D eigenvalue weighted by atomic mass is 10.4. The second-order valence-electron chi connectivity index (χ2n) is 1.55. The zero-order valence-corrected chi connectivity index (χ0v) is 5.47. The monoisotopic (exact) mass is 127 g/mol. The van der Waals surface area contributed by atoms with E-state index < -0.39 is 6.67 Å². The molecule has 0 atom stereocenters. The first-order valence-electron chi connectivity index (χ1n) is 2.67. The van der Waals surface area contributed by atoms with Crippen LogP contribution >= 0.6 is 0 Å². The molecule has 0 fully saturated rings. The van der Waals surface area contributed by atoms with E-state index >= 15 is 0 Å². The SMILES string of the molecule is C=N/C(C)=C\C=C/CF. The van der Waals surface area contributed by atoms with Gasteiger partial charge in [-0.15, -0.1) is 0 Å². The Labute approximate surface area is 54.6 Å². The van der Waals surface area contributed by atoms with E-state index in [1.165, 1.54) is 6.08 Å². The maximum Gasteiger partial charge on any atom is 0.108 e. The first kappa shape index (κ1) is 8.08. The third kappa shape index (κ3) is 4.94. The summed E-state index contributed by atoms with van der Waals surface area (Å²) in [4.78, 5) is 3.60. The number of nitrogens with zero attached hydrogens (tertiary/aromatic N) is 1. The van der Waals surface area contributed by atoms with Gasteiger partial charge in [0.1, 0.15) is 6.67 Å². The molecular weight excluding hydrogens is 117 g/mol. The van der Waals surface area contributed by atoms with Gasteiger partial charge in [-0.2, -0.15) is 0 Å². The van der Waals surface area contributed by atoms with Crippen molar-refractivity contribution >= 4 is 6.72 Å². The fraction of sp³-hybridized carbons (Fsp3) is 0.286. The summed E-state index contributed by atoms with van der Waals surface area (Å²) in [6, 6.07) is 0. The van der Waals surface area contributed by atoms with E-state index in [4.69, 9.17) is 0 Å². The van der Waals surface area contributed by atoms with Crippen molar-refractivity contribution in [3.8, 4) is 0 Å². The number of aliphatic imine (C=N–C) groups is 1. The summed E-state index contributed by atoms with van der Waals surface area (Å²) in [5, 5.41) is 0. The van der Waals surface area contributed by atoms with Crippen LogP contribution < -0.4 is 0 Å². The highest BCUT2D eigenvalue weighted by Gasteiger charge is 1.73. The standard InChI is InChI=1S/C7H10FN/c1-7(9-2)5-3-4-6-8/h3-5H,2,6H2,1H3/b4-3-,7-5-. The molecule has 0 aliphatic rings. The molecule has 0 N–H and O–H groups in total. The maximum atomic E-state index is 11.4. The molecule has 9 heavy (non-hydrogen) atoms. The van der Waals surface area contributed by atoms with Crippen LogP contribution in [0, 0.1) is 0 Å². The largest absolute Gasteiger partial charge is 0.269 e. The third-order valence-electron chi connectivity index (χ3n) is 0.812. The molecule has 0 saturated heterocycles. The highest BCUT2D eigenvalue weighted by atomic mass is 19.1. The number of halogens is 1. The van der Waals surface area contributed by atoms with Gasteiger partial charge in [-0.1, -0.05) is 12.2 Å². The van der Waals surface area contributed by atoms with Gasteiger partial charge in [0.05, 0.1) is 0 Å². The Bertz CT molecular complexity index is 136. The molecule has 0 unspecified atom stereocenters. The van der Waals surface area contributed by atoms with Crippen LogP contribution in [0.2, 0.25) is 0 Å². The van der Waals surface area contributed by atoms with Gasteiger partial charge in [0.2, 0.25) is 0 Å². The Morgan fingerprint density at radius 3 is 2.89 bits per heavy atom. The first-order chi connectivity index (χ1) is 4.31. The Kier molecular flexibility index (Phi) is 4.69. The van der Waals surface area contributed by atoms with Crippen LogP contribution in [0.4, 0.5) is 4.39 Å². The topological polar surface area (TPSA) is 12.4 Å². The number of hydrogen-bond acceptors (Lipinski definition) is 1. The highest BCUT2D eigenvalue weighted by molar-refractivity contribution is 5.29. The van der Waals surface area contributed by atoms with Gasteiger partial charge >= 0.3 is 0 Å². The summed E-state index contributed by atoms with van der Waals surface area (Å²) in [5.74, 6) is 0. The van der Waals surface area contributed by atoms with Crippen LogP contribution in [0.5, 0.6) is 0 Å². The van der Waals surface area contributed by atoms with E-state index in [0.717, 1.165) is 5.70 Å². The van der Waals surface area contributed by atoms with Crippen LogP contribution in [-0.4, -0.2) is 13.4 Å². The van der Waals surface area contributed by atoms with Gasteiger partial charge in [0.15, 0.2) is 0 Å². The summed E-state index contributed by atoms with van der Waals surface area (Å²) >= 11 is 0. The predicted molar refractivity (Wildman–Crippen MR) is 38.4 cm³/mol. The molecule has 0 radical (unpaired) electrons. The zero-order chi connectivity index (χ0) is 7.11. The summed E-state index contributed by atoms with van der Waals surface area (Å²) in [5.41, 5.74) is 0.791. The van der Waals surface area contributed by atoms with Crippen LogP contribution in [-0.2, 0) is 0 Å². The fourth-order valence-electron chi connectivity index (χ4n) is 0.311. The third-order valence-corrected chi connectivity index (χ3v) is 0.812. The maximum absolute atomic E-state index is 11.4. The first-order valence-corrected chi connectivity index (χ1v) is 2.67. The minimum atomic E-state index is -0.430. The molecular formula is C7H10FN. The minimum absolute atomic E-state index is 0.430. The zero-order valence-electron chi connectivity index (χ0n) is 5.47. The molecule has 0 aromatic heterocycles. The summed E-state index contributed by atoms with van der Waals surface area (Å²) in [7, 11) is 0. The van der Waals surface area contributed by atoms with Crippen LogP contribution in [0.25, 0.3) is 0 Å². The molecule has 1 nitrogen and oxygen atoms in total. The highest BCUT2D eigenvalue weighted by Crippen LogP contribution is 1.91. The Balaban J connectivity index is 3.68. The lowest BCUT2D eigenvalue weighted by Crippen LogP contribution is -1.64. The molecule has 0 amide bonds. The summed E-state index contributed by atoms with van der Waals surface area (Å²) in [6.07, 6.45) is 4.73. The van der Waals surface area contributed by atoms with Gasteiger partial charge in [-0.05, 0) is 19.7 Å². The summed E-state index contributed by atoms with van der Waals surface area (Å²) in [6.45, 7) is 4.66. The molecule has 0 aromatic rings. The van der Waals surface area contributed by atoms with E-state index in [1.54, 1.807) is 19.1 Å². The number of allylic oxidation sites excluding steroid dienone is 4. The van der Waals surface area contributed by atoms with Crippen molar-refractivity contribution in [3.63, 3.8) is 0 Å². The van der Waals surface area contributed by atoms with E-state index in [-0.39, 0.29) is 0 Å². The van der Waals surface area contributed by atoms with Crippen molar-refractivity contribution in [2.24, 2.45) is 4.99 Å². The Morgan fingerprint density at radius 1 is 1.78 bits per heavy atom. The van der Waals surface area contributed by atoms with Gasteiger partial charge in [-0.3, -0.25) is 4.99 Å². The van der Waals surface area contributed by atoms with E-state index in [0.29, 0.717) is 0 Å².